The van der Waals surface area contributed by atoms with E-state index in [9.17, 15) is 4.79 Å². The minimum atomic E-state index is -0.349. The third kappa shape index (κ3) is 3.51. The van der Waals surface area contributed by atoms with Crippen LogP contribution in [0.4, 0.5) is 0 Å². The molecule has 0 spiro atoms. The highest BCUT2D eigenvalue weighted by Crippen LogP contribution is 2.07. The van der Waals surface area contributed by atoms with E-state index in [4.69, 9.17) is 0 Å². The number of piperidine rings is 1. The van der Waals surface area contributed by atoms with Crippen LogP contribution in [-0.2, 0) is 11.3 Å². The summed E-state index contributed by atoms with van der Waals surface area (Å²) in [5, 5.41) is 2.24. The van der Waals surface area contributed by atoms with E-state index in [-0.39, 0.29) is 5.97 Å². The Morgan fingerprint density at radius 3 is 2.78 bits per heavy atom. The third-order valence-corrected chi connectivity index (χ3v) is 3.09. The maximum atomic E-state index is 11.2. The summed E-state index contributed by atoms with van der Waals surface area (Å²) in [6.45, 7) is 2.89. The molecule has 1 fully saturated rings. The molecule has 5 nitrogen and oxygen atoms in total. The molecule has 1 aromatic rings. The number of hydrogen-bond acceptors (Lipinski definition) is 5. The molecule has 0 saturated carbocycles. The highest BCUT2D eigenvalue weighted by Gasteiger charge is 2.10. The summed E-state index contributed by atoms with van der Waals surface area (Å²) >= 11 is 0. The SMILES string of the molecule is COC(=O)c1ccc(CNN2CCCCC2)nc1. The van der Waals surface area contributed by atoms with E-state index in [1.807, 2.05) is 6.07 Å². The summed E-state index contributed by atoms with van der Waals surface area (Å²) in [5.74, 6) is -0.349. The summed E-state index contributed by atoms with van der Waals surface area (Å²) in [7, 11) is 1.37. The van der Waals surface area contributed by atoms with E-state index in [1.54, 1.807) is 12.3 Å². The van der Waals surface area contributed by atoms with Crippen LogP contribution in [0.25, 0.3) is 0 Å². The predicted octanol–water partition coefficient (Wildman–Crippen LogP) is 1.36. The fourth-order valence-electron chi connectivity index (χ4n) is 2.01. The molecule has 0 radical (unpaired) electrons. The lowest BCUT2D eigenvalue weighted by Crippen LogP contribution is -2.41. The highest BCUT2D eigenvalue weighted by atomic mass is 16.5. The number of rotatable bonds is 4. The van der Waals surface area contributed by atoms with Crippen LogP contribution in [0, 0.1) is 0 Å². The molecular weight excluding hydrogens is 230 g/mol. The predicted molar refractivity (Wildman–Crippen MR) is 67.8 cm³/mol. The van der Waals surface area contributed by atoms with Gasteiger partial charge in [-0.25, -0.2) is 15.2 Å². The normalized spacial score (nSPS) is 16.5. The first-order valence-electron chi connectivity index (χ1n) is 6.31. The van der Waals surface area contributed by atoms with Gasteiger partial charge in [-0.15, -0.1) is 0 Å². The smallest absolute Gasteiger partial charge is 0.339 e. The number of carbonyl (C=O) groups is 1. The topological polar surface area (TPSA) is 54.5 Å². The molecule has 0 atom stereocenters. The average Bonchev–Trinajstić information content (AvgIpc) is 2.46. The maximum absolute atomic E-state index is 11.2. The van der Waals surface area contributed by atoms with Crippen molar-refractivity contribution in [2.75, 3.05) is 20.2 Å². The van der Waals surface area contributed by atoms with Crippen molar-refractivity contribution < 1.29 is 9.53 Å². The highest BCUT2D eigenvalue weighted by molar-refractivity contribution is 5.88. The van der Waals surface area contributed by atoms with Crippen molar-refractivity contribution in [3.8, 4) is 0 Å². The standard InChI is InChI=1S/C13H19N3O2/c1-18-13(17)11-5-6-12(14-9-11)10-15-16-7-3-2-4-8-16/h5-6,9,15H,2-4,7-8,10H2,1H3. The first-order chi connectivity index (χ1) is 8.79. The zero-order chi connectivity index (χ0) is 12.8. The molecule has 1 aliphatic heterocycles. The van der Waals surface area contributed by atoms with Crippen LogP contribution in [0.1, 0.15) is 35.3 Å². The van der Waals surface area contributed by atoms with Crippen LogP contribution < -0.4 is 5.43 Å². The Morgan fingerprint density at radius 2 is 2.17 bits per heavy atom. The van der Waals surface area contributed by atoms with Crippen molar-refractivity contribution >= 4 is 5.97 Å². The second kappa shape index (κ2) is 6.47. The Balaban J connectivity index is 1.84. The largest absolute Gasteiger partial charge is 0.465 e. The summed E-state index contributed by atoms with van der Waals surface area (Å²) < 4.78 is 4.63. The van der Waals surface area contributed by atoms with E-state index in [1.165, 1.54) is 26.4 Å². The van der Waals surface area contributed by atoms with Gasteiger partial charge < -0.3 is 4.74 Å². The van der Waals surface area contributed by atoms with Crippen molar-refractivity contribution in [3.63, 3.8) is 0 Å². The number of carbonyl (C=O) groups excluding carboxylic acids is 1. The number of ether oxygens (including phenoxy) is 1. The van der Waals surface area contributed by atoms with Gasteiger partial charge in [0.25, 0.3) is 0 Å². The number of methoxy groups -OCH3 is 1. The molecule has 1 N–H and O–H groups in total. The minimum absolute atomic E-state index is 0.349. The quantitative estimate of drug-likeness (QED) is 0.817. The molecule has 2 heterocycles. The zero-order valence-electron chi connectivity index (χ0n) is 10.7. The lowest BCUT2D eigenvalue weighted by Gasteiger charge is -2.26. The molecular formula is C13H19N3O2. The van der Waals surface area contributed by atoms with Gasteiger partial charge in [0.15, 0.2) is 0 Å². The van der Waals surface area contributed by atoms with Crippen LogP contribution in [-0.4, -0.2) is 36.2 Å². The van der Waals surface area contributed by atoms with Gasteiger partial charge in [-0.3, -0.25) is 4.98 Å². The first kappa shape index (κ1) is 13.0. The molecule has 1 aromatic heterocycles. The van der Waals surface area contributed by atoms with E-state index < -0.39 is 0 Å². The molecule has 0 aliphatic carbocycles. The second-order valence-corrected chi connectivity index (χ2v) is 4.41. The monoisotopic (exact) mass is 249 g/mol. The Morgan fingerprint density at radius 1 is 1.39 bits per heavy atom. The van der Waals surface area contributed by atoms with Gasteiger partial charge in [-0.2, -0.15) is 0 Å². The number of esters is 1. The molecule has 2 rings (SSSR count). The Hall–Kier alpha value is -1.46. The molecule has 0 bridgehead atoms. The fourth-order valence-corrected chi connectivity index (χ4v) is 2.01. The molecule has 0 amide bonds. The molecule has 5 heteroatoms. The molecule has 98 valence electrons. The van der Waals surface area contributed by atoms with Crippen molar-refractivity contribution in [2.24, 2.45) is 0 Å². The van der Waals surface area contributed by atoms with Gasteiger partial charge in [0.05, 0.1) is 24.9 Å². The van der Waals surface area contributed by atoms with E-state index in [0.29, 0.717) is 12.1 Å². The van der Waals surface area contributed by atoms with Gasteiger partial charge in [0.1, 0.15) is 0 Å². The van der Waals surface area contributed by atoms with Crippen molar-refractivity contribution in [2.45, 2.75) is 25.8 Å². The van der Waals surface area contributed by atoms with Gasteiger partial charge in [-0.05, 0) is 25.0 Å². The van der Waals surface area contributed by atoms with Gasteiger partial charge in [-0.1, -0.05) is 6.42 Å². The minimum Gasteiger partial charge on any atom is -0.465 e. The van der Waals surface area contributed by atoms with Gasteiger partial charge in [0, 0.05) is 19.3 Å². The Labute approximate surface area is 107 Å². The number of aromatic nitrogens is 1. The maximum Gasteiger partial charge on any atom is 0.339 e. The number of pyridine rings is 1. The fraction of sp³-hybridized carbons (Fsp3) is 0.538. The van der Waals surface area contributed by atoms with Crippen molar-refractivity contribution in [1.29, 1.82) is 0 Å². The molecule has 1 aliphatic rings. The number of nitrogens with zero attached hydrogens (tertiary/aromatic N) is 2. The first-order valence-corrected chi connectivity index (χ1v) is 6.31. The lowest BCUT2D eigenvalue weighted by molar-refractivity contribution is 0.0600. The van der Waals surface area contributed by atoms with E-state index >= 15 is 0 Å². The van der Waals surface area contributed by atoms with E-state index in [2.05, 4.69) is 20.2 Å². The number of hydrogen-bond donors (Lipinski definition) is 1. The number of nitrogens with one attached hydrogen (secondary N) is 1. The summed E-state index contributed by atoms with van der Waals surface area (Å²) in [5.41, 5.74) is 4.76. The zero-order valence-corrected chi connectivity index (χ0v) is 10.7. The van der Waals surface area contributed by atoms with Crippen LogP contribution in [0.5, 0.6) is 0 Å². The molecule has 1 saturated heterocycles. The van der Waals surface area contributed by atoms with Crippen molar-refractivity contribution in [1.82, 2.24) is 15.4 Å². The number of hydrazine groups is 1. The van der Waals surface area contributed by atoms with Crippen molar-refractivity contribution in [3.05, 3.63) is 29.6 Å². The summed E-state index contributed by atoms with van der Waals surface area (Å²) in [6.07, 6.45) is 5.38. The lowest BCUT2D eigenvalue weighted by atomic mass is 10.2. The second-order valence-electron chi connectivity index (χ2n) is 4.41. The molecule has 18 heavy (non-hydrogen) atoms. The summed E-state index contributed by atoms with van der Waals surface area (Å²) in [6, 6.07) is 3.59. The Bertz CT molecular complexity index is 386. The van der Waals surface area contributed by atoms with Crippen LogP contribution >= 0.6 is 0 Å². The average molecular weight is 249 g/mol. The third-order valence-electron chi connectivity index (χ3n) is 3.09. The van der Waals surface area contributed by atoms with Crippen LogP contribution in [0.15, 0.2) is 18.3 Å². The van der Waals surface area contributed by atoms with Gasteiger partial charge >= 0.3 is 5.97 Å². The summed E-state index contributed by atoms with van der Waals surface area (Å²) in [4.78, 5) is 15.5. The van der Waals surface area contributed by atoms with Crippen LogP contribution in [0.3, 0.4) is 0 Å². The van der Waals surface area contributed by atoms with E-state index in [0.717, 1.165) is 18.8 Å². The molecule has 0 unspecified atom stereocenters. The van der Waals surface area contributed by atoms with Gasteiger partial charge in [0.2, 0.25) is 0 Å². The van der Waals surface area contributed by atoms with Crippen LogP contribution in [0.2, 0.25) is 0 Å². The Kier molecular flexibility index (Phi) is 4.66. The molecule has 0 aromatic carbocycles.